The fourth-order valence-corrected chi connectivity index (χ4v) is 2.19. The van der Waals surface area contributed by atoms with Crippen molar-refractivity contribution in [3.8, 4) is 0 Å². The van der Waals surface area contributed by atoms with Gasteiger partial charge >= 0.3 is 0 Å². The fraction of sp³-hybridized carbons (Fsp3) is 0.333. The van der Waals surface area contributed by atoms with E-state index in [1.165, 1.54) is 0 Å². The van der Waals surface area contributed by atoms with Gasteiger partial charge in [-0.15, -0.1) is 0 Å². The van der Waals surface area contributed by atoms with Crippen molar-refractivity contribution in [3.63, 3.8) is 0 Å². The van der Waals surface area contributed by atoms with Crippen molar-refractivity contribution in [1.29, 1.82) is 0 Å². The number of benzene rings is 1. The van der Waals surface area contributed by atoms with Crippen LogP contribution in [-0.2, 0) is 0 Å². The first kappa shape index (κ1) is 13.3. The Kier molecular flexibility index (Phi) is 4.00. The molecule has 2 aromatic rings. The Morgan fingerprint density at radius 3 is 2.89 bits per heavy atom. The molecule has 0 aliphatic heterocycles. The van der Waals surface area contributed by atoms with Crippen molar-refractivity contribution in [2.45, 2.75) is 32.7 Å². The van der Waals surface area contributed by atoms with Crippen LogP contribution in [0.2, 0.25) is 0 Å². The van der Waals surface area contributed by atoms with E-state index in [1.807, 2.05) is 31.2 Å². The number of nitrogens with one attached hydrogen (secondary N) is 1. The zero-order chi connectivity index (χ0) is 13.8. The SMILES string of the molecule is CCCC(C)NC(=O)c1cc(N)nc2ccccc12. The molecule has 1 atom stereocenters. The van der Waals surface area contributed by atoms with E-state index in [2.05, 4.69) is 17.2 Å². The lowest BCUT2D eigenvalue weighted by Gasteiger charge is -2.14. The Morgan fingerprint density at radius 1 is 1.42 bits per heavy atom. The van der Waals surface area contributed by atoms with Crippen LogP contribution < -0.4 is 11.1 Å². The van der Waals surface area contributed by atoms with E-state index in [9.17, 15) is 4.79 Å². The largest absolute Gasteiger partial charge is 0.384 e. The smallest absolute Gasteiger partial charge is 0.252 e. The maximum absolute atomic E-state index is 12.3. The Balaban J connectivity index is 2.36. The third-order valence-electron chi connectivity index (χ3n) is 3.08. The van der Waals surface area contributed by atoms with Crippen LogP contribution >= 0.6 is 0 Å². The van der Waals surface area contributed by atoms with Crippen molar-refractivity contribution in [2.75, 3.05) is 5.73 Å². The molecule has 100 valence electrons. The van der Waals surface area contributed by atoms with E-state index in [0.29, 0.717) is 11.4 Å². The second-order valence-corrected chi connectivity index (χ2v) is 4.78. The molecule has 0 radical (unpaired) electrons. The minimum absolute atomic E-state index is 0.0914. The standard InChI is InChI=1S/C15H19N3O/c1-3-6-10(2)17-15(19)12-9-14(16)18-13-8-5-4-7-11(12)13/h4-5,7-10H,3,6H2,1-2H3,(H2,16,18)(H,17,19). The van der Waals surface area contributed by atoms with E-state index >= 15 is 0 Å². The van der Waals surface area contributed by atoms with Gasteiger partial charge in [0.05, 0.1) is 11.1 Å². The molecule has 0 aliphatic carbocycles. The number of nitrogen functional groups attached to an aromatic ring is 1. The van der Waals surface area contributed by atoms with Crippen LogP contribution in [0.15, 0.2) is 30.3 Å². The molecule has 1 heterocycles. The quantitative estimate of drug-likeness (QED) is 0.885. The van der Waals surface area contributed by atoms with Crippen molar-refractivity contribution < 1.29 is 4.79 Å². The minimum atomic E-state index is -0.0914. The lowest BCUT2D eigenvalue weighted by molar-refractivity contribution is 0.0940. The third kappa shape index (κ3) is 3.02. The summed E-state index contributed by atoms with van der Waals surface area (Å²) >= 11 is 0. The van der Waals surface area contributed by atoms with Crippen LogP contribution in [0.3, 0.4) is 0 Å². The predicted molar refractivity (Wildman–Crippen MR) is 78.0 cm³/mol. The number of para-hydroxylation sites is 1. The number of fused-ring (bicyclic) bond motifs is 1. The molecular formula is C15H19N3O. The molecule has 4 nitrogen and oxygen atoms in total. The summed E-state index contributed by atoms with van der Waals surface area (Å²) in [7, 11) is 0. The Hall–Kier alpha value is -2.10. The van der Waals surface area contributed by atoms with Gasteiger partial charge in [0.25, 0.3) is 5.91 Å². The summed E-state index contributed by atoms with van der Waals surface area (Å²) in [4.78, 5) is 16.5. The average molecular weight is 257 g/mol. The van der Waals surface area contributed by atoms with Crippen molar-refractivity contribution in [1.82, 2.24) is 10.3 Å². The number of pyridine rings is 1. The molecular weight excluding hydrogens is 238 g/mol. The molecule has 0 saturated heterocycles. The Labute approximate surface area is 113 Å². The molecule has 2 rings (SSSR count). The lowest BCUT2D eigenvalue weighted by Crippen LogP contribution is -2.32. The number of hydrogen-bond donors (Lipinski definition) is 2. The molecule has 0 fully saturated rings. The molecule has 4 heteroatoms. The first-order valence-electron chi connectivity index (χ1n) is 6.58. The van der Waals surface area contributed by atoms with Crippen molar-refractivity contribution in [3.05, 3.63) is 35.9 Å². The van der Waals surface area contributed by atoms with Gasteiger partial charge < -0.3 is 11.1 Å². The van der Waals surface area contributed by atoms with Crippen LogP contribution in [0.25, 0.3) is 10.9 Å². The van der Waals surface area contributed by atoms with Gasteiger partial charge in [0, 0.05) is 11.4 Å². The summed E-state index contributed by atoms with van der Waals surface area (Å²) < 4.78 is 0. The van der Waals surface area contributed by atoms with Gasteiger partial charge in [-0.2, -0.15) is 0 Å². The number of carbonyl (C=O) groups excluding carboxylic acids is 1. The zero-order valence-electron chi connectivity index (χ0n) is 11.3. The highest BCUT2D eigenvalue weighted by Gasteiger charge is 2.13. The number of rotatable bonds is 4. The molecule has 1 aromatic heterocycles. The van der Waals surface area contributed by atoms with Gasteiger partial charge in [-0.1, -0.05) is 31.5 Å². The number of amides is 1. The first-order chi connectivity index (χ1) is 9.11. The van der Waals surface area contributed by atoms with Crippen LogP contribution in [-0.4, -0.2) is 16.9 Å². The van der Waals surface area contributed by atoms with Gasteiger partial charge in [-0.05, 0) is 25.5 Å². The maximum atomic E-state index is 12.3. The predicted octanol–water partition coefficient (Wildman–Crippen LogP) is 2.74. The van der Waals surface area contributed by atoms with Gasteiger partial charge in [0.1, 0.15) is 5.82 Å². The minimum Gasteiger partial charge on any atom is -0.384 e. The second kappa shape index (κ2) is 5.69. The van der Waals surface area contributed by atoms with E-state index < -0.39 is 0 Å². The molecule has 19 heavy (non-hydrogen) atoms. The molecule has 0 bridgehead atoms. The normalized spacial score (nSPS) is 12.3. The summed E-state index contributed by atoms with van der Waals surface area (Å²) in [5.41, 5.74) is 7.10. The molecule has 0 saturated carbocycles. The number of nitrogens with two attached hydrogens (primary N) is 1. The van der Waals surface area contributed by atoms with E-state index in [0.717, 1.165) is 23.7 Å². The highest BCUT2D eigenvalue weighted by Crippen LogP contribution is 2.19. The Morgan fingerprint density at radius 2 is 2.16 bits per heavy atom. The first-order valence-corrected chi connectivity index (χ1v) is 6.58. The molecule has 1 aromatic carbocycles. The number of aromatic nitrogens is 1. The number of anilines is 1. The van der Waals surface area contributed by atoms with E-state index in [-0.39, 0.29) is 11.9 Å². The van der Waals surface area contributed by atoms with Crippen LogP contribution in [0.4, 0.5) is 5.82 Å². The second-order valence-electron chi connectivity index (χ2n) is 4.78. The molecule has 1 amide bonds. The number of nitrogens with zero attached hydrogens (tertiary/aromatic N) is 1. The van der Waals surface area contributed by atoms with Gasteiger partial charge in [0.15, 0.2) is 0 Å². The topological polar surface area (TPSA) is 68.0 Å². The number of hydrogen-bond acceptors (Lipinski definition) is 3. The highest BCUT2D eigenvalue weighted by molar-refractivity contribution is 6.06. The van der Waals surface area contributed by atoms with E-state index in [4.69, 9.17) is 5.73 Å². The van der Waals surface area contributed by atoms with Crippen LogP contribution in [0.1, 0.15) is 37.0 Å². The fourth-order valence-electron chi connectivity index (χ4n) is 2.19. The molecule has 1 unspecified atom stereocenters. The van der Waals surface area contributed by atoms with Crippen LogP contribution in [0, 0.1) is 0 Å². The lowest BCUT2D eigenvalue weighted by atomic mass is 10.1. The highest BCUT2D eigenvalue weighted by atomic mass is 16.1. The van der Waals surface area contributed by atoms with Crippen molar-refractivity contribution >= 4 is 22.6 Å². The zero-order valence-corrected chi connectivity index (χ0v) is 11.3. The Bertz CT molecular complexity index is 595. The summed E-state index contributed by atoms with van der Waals surface area (Å²) in [6.45, 7) is 4.11. The average Bonchev–Trinajstić information content (AvgIpc) is 2.37. The molecule has 0 aliphatic rings. The van der Waals surface area contributed by atoms with Gasteiger partial charge in [0.2, 0.25) is 0 Å². The third-order valence-corrected chi connectivity index (χ3v) is 3.08. The summed E-state index contributed by atoms with van der Waals surface area (Å²) in [6, 6.07) is 9.32. The summed E-state index contributed by atoms with van der Waals surface area (Å²) in [6.07, 6.45) is 2.00. The monoisotopic (exact) mass is 257 g/mol. The van der Waals surface area contributed by atoms with Crippen LogP contribution in [0.5, 0.6) is 0 Å². The van der Waals surface area contributed by atoms with E-state index in [1.54, 1.807) is 6.07 Å². The van der Waals surface area contributed by atoms with Crippen molar-refractivity contribution in [2.24, 2.45) is 0 Å². The van der Waals surface area contributed by atoms with Gasteiger partial charge in [-0.3, -0.25) is 4.79 Å². The summed E-state index contributed by atoms with van der Waals surface area (Å²) in [5.74, 6) is 0.276. The molecule has 0 spiro atoms. The molecule has 3 N–H and O–H groups in total. The summed E-state index contributed by atoms with van der Waals surface area (Å²) in [5, 5.41) is 3.83. The van der Waals surface area contributed by atoms with Gasteiger partial charge in [-0.25, -0.2) is 4.98 Å². The maximum Gasteiger partial charge on any atom is 0.252 e. The number of carbonyl (C=O) groups is 1.